The van der Waals surface area contributed by atoms with Gasteiger partial charge >= 0.3 is 0 Å². The van der Waals surface area contributed by atoms with Crippen molar-refractivity contribution in [2.75, 3.05) is 31.1 Å². The van der Waals surface area contributed by atoms with E-state index in [0.29, 0.717) is 27.8 Å². The molecule has 1 heterocycles. The number of carbonyl (C=O) groups excluding carboxylic acids is 2. The third-order valence-corrected chi connectivity index (χ3v) is 5.51. The highest BCUT2D eigenvalue weighted by Gasteiger charge is 2.42. The van der Waals surface area contributed by atoms with Gasteiger partial charge in [-0.3, -0.25) is 9.59 Å². The molecule has 0 N–H and O–H groups in total. The fraction of sp³-hybridized carbons (Fsp3) is 0.120. The maximum absolute atomic E-state index is 13.6. The van der Waals surface area contributed by atoms with E-state index in [0.717, 1.165) is 10.6 Å². The van der Waals surface area contributed by atoms with Gasteiger partial charge in [0.2, 0.25) is 0 Å². The van der Waals surface area contributed by atoms with Gasteiger partial charge in [0, 0.05) is 17.8 Å². The Kier molecular flexibility index (Phi) is 5.88. The minimum absolute atomic E-state index is 0.258. The lowest BCUT2D eigenvalue weighted by Gasteiger charge is -2.21. The number of benzene rings is 3. The summed E-state index contributed by atoms with van der Waals surface area (Å²) in [6.45, 7) is 0. The second-order valence-electron chi connectivity index (χ2n) is 7.11. The van der Waals surface area contributed by atoms with Gasteiger partial charge < -0.3 is 14.4 Å². The van der Waals surface area contributed by atoms with Gasteiger partial charge in [-0.1, -0.05) is 41.9 Å². The number of hydrogen-bond donors (Lipinski definition) is 0. The van der Waals surface area contributed by atoms with E-state index in [9.17, 15) is 9.59 Å². The lowest BCUT2D eigenvalue weighted by Crippen LogP contribution is -2.34. The summed E-state index contributed by atoms with van der Waals surface area (Å²) in [5.41, 5.74) is 2.25. The Labute approximate surface area is 191 Å². The third-order valence-electron chi connectivity index (χ3n) is 5.28. The van der Waals surface area contributed by atoms with Crippen LogP contribution in [0.1, 0.15) is 5.56 Å². The van der Waals surface area contributed by atoms with E-state index in [1.54, 1.807) is 54.4 Å². The maximum Gasteiger partial charge on any atom is 0.282 e. The SMILES string of the molecule is COc1ccc(C2=C(N(C)c3ccccc3)C(=O)N(c3cccc(Cl)c3)C2=O)cc1OC. The summed E-state index contributed by atoms with van der Waals surface area (Å²) in [6, 6.07) is 21.2. The van der Waals surface area contributed by atoms with Crippen LogP contribution in [0.15, 0.2) is 78.5 Å². The standard InChI is InChI=1S/C25H21ClN2O4/c1-27(18-9-5-4-6-10-18)23-22(16-12-13-20(31-2)21(14-16)32-3)24(29)28(25(23)30)19-11-7-8-17(26)15-19/h4-15H,1-3H3. The van der Waals surface area contributed by atoms with Crippen LogP contribution in [0, 0.1) is 0 Å². The van der Waals surface area contributed by atoms with Crippen LogP contribution in [0.2, 0.25) is 5.02 Å². The average Bonchev–Trinajstić information content (AvgIpc) is 3.08. The summed E-state index contributed by atoms with van der Waals surface area (Å²) in [4.78, 5) is 30.1. The largest absolute Gasteiger partial charge is 0.493 e. The zero-order valence-corrected chi connectivity index (χ0v) is 18.6. The highest BCUT2D eigenvalue weighted by molar-refractivity contribution is 6.46. The van der Waals surface area contributed by atoms with E-state index >= 15 is 0 Å². The summed E-state index contributed by atoms with van der Waals surface area (Å²) in [7, 11) is 4.82. The zero-order chi connectivity index (χ0) is 22.8. The molecule has 0 saturated heterocycles. The van der Waals surface area contributed by atoms with Crippen LogP contribution in [0.3, 0.4) is 0 Å². The Morgan fingerprint density at radius 1 is 0.812 bits per heavy atom. The first-order valence-electron chi connectivity index (χ1n) is 9.86. The molecule has 3 aromatic carbocycles. The first kappa shape index (κ1) is 21.5. The molecule has 0 atom stereocenters. The summed E-state index contributed by atoms with van der Waals surface area (Å²) >= 11 is 6.14. The molecule has 32 heavy (non-hydrogen) atoms. The number of amides is 2. The number of para-hydroxylation sites is 1. The molecule has 0 spiro atoms. The minimum Gasteiger partial charge on any atom is -0.493 e. The van der Waals surface area contributed by atoms with Crippen LogP contribution in [0.25, 0.3) is 5.57 Å². The highest BCUT2D eigenvalue weighted by Crippen LogP contribution is 2.39. The molecule has 162 valence electrons. The highest BCUT2D eigenvalue weighted by atomic mass is 35.5. The first-order valence-corrected chi connectivity index (χ1v) is 10.2. The average molecular weight is 449 g/mol. The Balaban J connectivity index is 1.91. The second-order valence-corrected chi connectivity index (χ2v) is 7.55. The van der Waals surface area contributed by atoms with Crippen LogP contribution < -0.4 is 19.3 Å². The Hall–Kier alpha value is -3.77. The first-order chi connectivity index (χ1) is 15.5. The number of likely N-dealkylation sites (N-methyl/N-ethyl adjacent to an activating group) is 1. The maximum atomic E-state index is 13.6. The number of rotatable bonds is 6. The summed E-state index contributed by atoms with van der Waals surface area (Å²) < 4.78 is 10.7. The number of methoxy groups -OCH3 is 2. The van der Waals surface area contributed by atoms with Crippen molar-refractivity contribution < 1.29 is 19.1 Å². The molecule has 0 aliphatic carbocycles. The summed E-state index contributed by atoms with van der Waals surface area (Å²) in [6.07, 6.45) is 0. The normalized spacial score (nSPS) is 13.6. The van der Waals surface area contributed by atoms with Gasteiger partial charge in [-0.25, -0.2) is 4.90 Å². The second kappa shape index (κ2) is 8.77. The van der Waals surface area contributed by atoms with E-state index in [-0.39, 0.29) is 11.3 Å². The quantitative estimate of drug-likeness (QED) is 0.508. The van der Waals surface area contributed by atoms with Crippen LogP contribution >= 0.6 is 11.6 Å². The number of nitrogens with zero attached hydrogens (tertiary/aromatic N) is 2. The van der Waals surface area contributed by atoms with E-state index < -0.39 is 11.8 Å². The zero-order valence-electron chi connectivity index (χ0n) is 17.8. The van der Waals surface area contributed by atoms with Crippen molar-refractivity contribution in [1.82, 2.24) is 0 Å². The Morgan fingerprint density at radius 3 is 2.19 bits per heavy atom. The lowest BCUT2D eigenvalue weighted by molar-refractivity contribution is -0.120. The number of halogens is 1. The van der Waals surface area contributed by atoms with Crippen molar-refractivity contribution in [3.8, 4) is 11.5 Å². The van der Waals surface area contributed by atoms with E-state index in [1.165, 1.54) is 14.2 Å². The minimum atomic E-state index is -0.442. The molecule has 0 fully saturated rings. The molecule has 6 nitrogen and oxygen atoms in total. The summed E-state index contributed by atoms with van der Waals surface area (Å²) in [5, 5.41) is 0.431. The van der Waals surface area contributed by atoms with Gasteiger partial charge in [-0.2, -0.15) is 0 Å². The van der Waals surface area contributed by atoms with Gasteiger partial charge in [0.25, 0.3) is 11.8 Å². The van der Waals surface area contributed by atoms with Crippen molar-refractivity contribution in [3.05, 3.63) is 89.1 Å². The van der Waals surface area contributed by atoms with Gasteiger partial charge in [0.1, 0.15) is 5.70 Å². The molecule has 2 amide bonds. The fourth-order valence-corrected chi connectivity index (χ4v) is 3.90. The topological polar surface area (TPSA) is 59.1 Å². The van der Waals surface area contributed by atoms with Crippen molar-refractivity contribution in [3.63, 3.8) is 0 Å². The number of hydrogen-bond acceptors (Lipinski definition) is 5. The third kappa shape index (κ3) is 3.69. The van der Waals surface area contributed by atoms with Crippen LogP contribution in [0.5, 0.6) is 11.5 Å². The molecular weight excluding hydrogens is 428 g/mol. The van der Waals surface area contributed by atoms with Crippen LogP contribution in [0.4, 0.5) is 11.4 Å². The van der Waals surface area contributed by atoms with Crippen molar-refractivity contribution in [2.24, 2.45) is 0 Å². The van der Waals surface area contributed by atoms with Crippen molar-refractivity contribution >= 4 is 40.4 Å². The molecule has 1 aliphatic heterocycles. The van der Waals surface area contributed by atoms with Gasteiger partial charge in [-0.15, -0.1) is 0 Å². The predicted molar refractivity (Wildman–Crippen MR) is 125 cm³/mol. The van der Waals surface area contributed by atoms with E-state index in [4.69, 9.17) is 21.1 Å². The Morgan fingerprint density at radius 2 is 1.53 bits per heavy atom. The Bertz CT molecular complexity index is 1220. The smallest absolute Gasteiger partial charge is 0.282 e. The molecule has 1 aliphatic rings. The predicted octanol–water partition coefficient (Wildman–Crippen LogP) is 4.78. The molecule has 0 radical (unpaired) electrons. The fourth-order valence-electron chi connectivity index (χ4n) is 3.71. The van der Waals surface area contributed by atoms with Crippen molar-refractivity contribution in [1.29, 1.82) is 0 Å². The number of ether oxygens (including phenoxy) is 2. The van der Waals surface area contributed by atoms with E-state index in [1.807, 2.05) is 30.3 Å². The number of anilines is 2. The molecule has 3 aromatic rings. The van der Waals surface area contributed by atoms with Crippen LogP contribution in [-0.2, 0) is 9.59 Å². The molecule has 0 aromatic heterocycles. The molecule has 7 heteroatoms. The van der Waals surface area contributed by atoms with Gasteiger partial charge in [-0.05, 0) is 48.0 Å². The molecule has 0 saturated carbocycles. The lowest BCUT2D eigenvalue weighted by atomic mass is 10.0. The number of imide groups is 1. The molecule has 0 unspecified atom stereocenters. The molecular formula is C25H21ClN2O4. The monoisotopic (exact) mass is 448 g/mol. The molecule has 4 rings (SSSR count). The molecule has 0 bridgehead atoms. The van der Waals surface area contributed by atoms with Crippen molar-refractivity contribution in [2.45, 2.75) is 0 Å². The summed E-state index contributed by atoms with van der Waals surface area (Å²) in [5.74, 6) is 0.106. The van der Waals surface area contributed by atoms with Gasteiger partial charge in [0.15, 0.2) is 11.5 Å². The number of carbonyl (C=O) groups is 2. The van der Waals surface area contributed by atoms with E-state index in [2.05, 4.69) is 0 Å². The van der Waals surface area contributed by atoms with Gasteiger partial charge in [0.05, 0.1) is 25.5 Å². The van der Waals surface area contributed by atoms with Crippen LogP contribution in [-0.4, -0.2) is 33.1 Å².